The molecule has 0 aliphatic carbocycles. The molecule has 2 aliphatic heterocycles. The lowest BCUT2D eigenvalue weighted by molar-refractivity contribution is -0.670. The number of fused-ring (bicyclic) bond motifs is 4. The average molecular weight is 465 g/mol. The summed E-state index contributed by atoms with van der Waals surface area (Å²) in [5, 5.41) is 5.89. The Labute approximate surface area is 203 Å². The third-order valence-electron chi connectivity index (χ3n) is 7.42. The molecule has 5 nitrogen and oxygen atoms in total. The first-order chi connectivity index (χ1) is 17.2. The van der Waals surface area contributed by atoms with E-state index in [1.165, 1.54) is 43.9 Å². The van der Waals surface area contributed by atoms with E-state index >= 15 is 0 Å². The van der Waals surface area contributed by atoms with E-state index in [0.717, 1.165) is 53.2 Å². The maximum absolute atomic E-state index is 6.07. The molecule has 1 aromatic heterocycles. The summed E-state index contributed by atoms with van der Waals surface area (Å²) in [6.07, 6.45) is 3.97. The summed E-state index contributed by atoms with van der Waals surface area (Å²) in [6.45, 7) is 3.31. The van der Waals surface area contributed by atoms with Crippen molar-refractivity contribution in [2.45, 2.75) is 26.3 Å². The highest BCUT2D eigenvalue weighted by Gasteiger charge is 2.31. The van der Waals surface area contributed by atoms with Gasteiger partial charge in [0, 0.05) is 17.2 Å². The third-order valence-corrected chi connectivity index (χ3v) is 7.42. The van der Waals surface area contributed by atoms with E-state index in [0.29, 0.717) is 0 Å². The Morgan fingerprint density at radius 2 is 1.83 bits per heavy atom. The smallest absolute Gasteiger partial charge is 0.231 e. The lowest BCUT2D eigenvalue weighted by Gasteiger charge is -2.20. The second kappa shape index (κ2) is 7.51. The Kier molecular flexibility index (Phi) is 4.37. The minimum absolute atomic E-state index is 0.268. The number of methoxy groups -OCH3 is 2. The molecule has 174 valence electrons. The Morgan fingerprint density at radius 1 is 0.914 bits per heavy atom. The fourth-order valence-electron chi connectivity index (χ4n) is 5.96. The molecular weight excluding hydrogens is 438 g/mol. The number of ether oxygens (including phenoxy) is 4. The molecule has 35 heavy (non-hydrogen) atoms. The molecule has 0 amide bonds. The second-order valence-corrected chi connectivity index (χ2v) is 9.45. The Hall–Kier alpha value is -3.99. The summed E-state index contributed by atoms with van der Waals surface area (Å²) in [5.74, 6) is 3.24. The topological polar surface area (TPSA) is 40.8 Å². The van der Waals surface area contributed by atoms with Crippen LogP contribution < -0.4 is 23.5 Å². The van der Waals surface area contributed by atoms with Crippen LogP contribution in [0.5, 0.6) is 23.0 Å². The summed E-state index contributed by atoms with van der Waals surface area (Å²) < 4.78 is 25.7. The zero-order valence-corrected chi connectivity index (χ0v) is 20.1. The molecule has 5 heteroatoms. The fourth-order valence-corrected chi connectivity index (χ4v) is 5.96. The van der Waals surface area contributed by atoms with Crippen molar-refractivity contribution < 1.29 is 23.5 Å². The number of benzene rings is 4. The van der Waals surface area contributed by atoms with Crippen LogP contribution in [-0.2, 0) is 19.4 Å². The van der Waals surface area contributed by atoms with Crippen molar-refractivity contribution in [1.82, 2.24) is 0 Å². The van der Waals surface area contributed by atoms with Crippen LogP contribution in [0.1, 0.15) is 22.3 Å². The van der Waals surface area contributed by atoms with Gasteiger partial charge < -0.3 is 18.9 Å². The largest absolute Gasteiger partial charge is 0.493 e. The number of aromatic nitrogens is 1. The first kappa shape index (κ1) is 20.4. The molecule has 0 saturated carbocycles. The van der Waals surface area contributed by atoms with E-state index in [-0.39, 0.29) is 6.79 Å². The van der Waals surface area contributed by atoms with Gasteiger partial charge >= 0.3 is 0 Å². The van der Waals surface area contributed by atoms with Crippen LogP contribution in [0.15, 0.2) is 54.7 Å². The molecular formula is C30H26NO4+. The molecule has 0 atom stereocenters. The van der Waals surface area contributed by atoms with Crippen molar-refractivity contribution in [2.24, 2.45) is 0 Å². The van der Waals surface area contributed by atoms with Crippen molar-refractivity contribution in [3.8, 4) is 23.0 Å². The Morgan fingerprint density at radius 3 is 2.66 bits per heavy atom. The molecule has 0 N–H and O–H groups in total. The minimum atomic E-state index is 0.268. The monoisotopic (exact) mass is 464 g/mol. The van der Waals surface area contributed by atoms with Crippen LogP contribution in [0.25, 0.3) is 32.4 Å². The number of pyridine rings is 1. The van der Waals surface area contributed by atoms with Gasteiger partial charge in [-0.25, -0.2) is 0 Å². The number of hydrogen-bond donors (Lipinski definition) is 0. The summed E-state index contributed by atoms with van der Waals surface area (Å²) in [7, 11) is 3.39. The van der Waals surface area contributed by atoms with Gasteiger partial charge in [-0.2, -0.15) is 4.57 Å². The van der Waals surface area contributed by atoms with E-state index < -0.39 is 0 Å². The predicted molar refractivity (Wildman–Crippen MR) is 136 cm³/mol. The van der Waals surface area contributed by atoms with Crippen LogP contribution in [-0.4, -0.2) is 21.0 Å². The predicted octanol–water partition coefficient (Wildman–Crippen LogP) is 5.63. The maximum atomic E-state index is 6.07. The molecule has 0 unspecified atom stereocenters. The Balaban J connectivity index is 1.64. The van der Waals surface area contributed by atoms with Crippen molar-refractivity contribution >= 4 is 32.4 Å². The molecule has 0 radical (unpaired) electrons. The van der Waals surface area contributed by atoms with E-state index in [2.05, 4.69) is 60.2 Å². The number of rotatable bonds is 4. The number of hydrogen-bond acceptors (Lipinski definition) is 4. The fraction of sp³-hybridized carbons (Fsp3) is 0.233. The zero-order valence-electron chi connectivity index (χ0n) is 20.1. The van der Waals surface area contributed by atoms with E-state index in [1.807, 2.05) is 6.07 Å². The summed E-state index contributed by atoms with van der Waals surface area (Å²) in [5.41, 5.74) is 6.36. The summed E-state index contributed by atoms with van der Waals surface area (Å²) in [4.78, 5) is 0. The van der Waals surface area contributed by atoms with Crippen molar-refractivity contribution in [3.05, 3.63) is 77.0 Å². The molecule has 0 spiro atoms. The third kappa shape index (κ3) is 2.91. The van der Waals surface area contributed by atoms with Crippen LogP contribution in [0.4, 0.5) is 0 Å². The van der Waals surface area contributed by atoms with Gasteiger partial charge in [0.05, 0.1) is 30.4 Å². The highest BCUT2D eigenvalue weighted by atomic mass is 16.7. The van der Waals surface area contributed by atoms with Gasteiger partial charge in [0.1, 0.15) is 0 Å². The van der Waals surface area contributed by atoms with Gasteiger partial charge in [0.15, 0.2) is 35.7 Å². The number of nitrogens with zero attached hydrogens (tertiary/aromatic N) is 1. The summed E-state index contributed by atoms with van der Waals surface area (Å²) in [6, 6.07) is 17.4. The highest BCUT2D eigenvalue weighted by Crippen LogP contribution is 2.48. The lowest BCUT2D eigenvalue weighted by atomic mass is 9.88. The minimum Gasteiger partial charge on any atom is -0.493 e. The first-order valence-electron chi connectivity index (χ1n) is 12.0. The molecule has 0 saturated heterocycles. The van der Waals surface area contributed by atoms with Gasteiger partial charge in [0.25, 0.3) is 0 Å². The summed E-state index contributed by atoms with van der Waals surface area (Å²) >= 11 is 0. The number of aryl methyl sites for hydroxylation is 3. The lowest BCUT2D eigenvalue weighted by Crippen LogP contribution is -2.38. The van der Waals surface area contributed by atoms with E-state index in [1.54, 1.807) is 14.2 Å². The molecule has 3 heterocycles. The van der Waals surface area contributed by atoms with Gasteiger partial charge in [-0.05, 0) is 54.3 Å². The normalized spacial score (nSPS) is 13.8. The standard InChI is InChI=1S/C30H26NO4/c1-17-5-4-6-18(11-17)12-20-13-22-21-7-8-24(32-2)29(33-3)23(21)15-31-10-9-19-14-25-30(35-16-34-25)27(20)26(19)28(22)31/h4-8,11,13-15H,9-10,12,16H2,1-3H3/q+1. The van der Waals surface area contributed by atoms with Crippen LogP contribution in [0.3, 0.4) is 0 Å². The van der Waals surface area contributed by atoms with Gasteiger partial charge in [0.2, 0.25) is 12.3 Å². The Bertz CT molecular complexity index is 1690. The molecule has 0 fully saturated rings. The van der Waals surface area contributed by atoms with Gasteiger partial charge in [-0.15, -0.1) is 0 Å². The van der Waals surface area contributed by atoms with Crippen LogP contribution in [0.2, 0.25) is 0 Å². The van der Waals surface area contributed by atoms with E-state index in [9.17, 15) is 0 Å². The first-order valence-corrected chi connectivity index (χ1v) is 12.0. The molecule has 2 aliphatic rings. The van der Waals surface area contributed by atoms with Gasteiger partial charge in [-0.1, -0.05) is 29.8 Å². The maximum Gasteiger partial charge on any atom is 0.231 e. The van der Waals surface area contributed by atoms with Crippen molar-refractivity contribution in [3.63, 3.8) is 0 Å². The van der Waals surface area contributed by atoms with Crippen molar-refractivity contribution in [2.75, 3.05) is 21.0 Å². The molecule has 7 rings (SSSR count). The van der Waals surface area contributed by atoms with E-state index in [4.69, 9.17) is 18.9 Å². The van der Waals surface area contributed by atoms with Crippen LogP contribution in [0, 0.1) is 6.92 Å². The molecule has 0 bridgehead atoms. The second-order valence-electron chi connectivity index (χ2n) is 9.45. The van der Waals surface area contributed by atoms with Gasteiger partial charge in [-0.3, -0.25) is 0 Å². The molecule has 5 aromatic rings. The highest BCUT2D eigenvalue weighted by molar-refractivity contribution is 6.18. The molecule has 4 aromatic carbocycles. The quantitative estimate of drug-likeness (QED) is 0.255. The zero-order chi connectivity index (χ0) is 23.7. The van der Waals surface area contributed by atoms with Crippen LogP contribution >= 0.6 is 0 Å². The van der Waals surface area contributed by atoms with Crippen molar-refractivity contribution in [1.29, 1.82) is 0 Å². The SMILES string of the molecule is COc1ccc2c(c[n+]3c4c2cc(Cc2cccc(C)c2)c2c5c(cc(c24)CC3)OCO5)c1OC. The average Bonchev–Trinajstić information content (AvgIpc) is 3.34.